The summed E-state index contributed by atoms with van der Waals surface area (Å²) in [5, 5.41) is 0. The SMILES string of the molecule is Cc1cccn2c(Br)c(-c3cccc(OCc4ccccc4)c3)nc12. The smallest absolute Gasteiger partial charge is 0.141 e. The number of pyridine rings is 1. The molecule has 4 heteroatoms. The van der Waals surface area contributed by atoms with Crippen LogP contribution >= 0.6 is 15.9 Å². The minimum Gasteiger partial charge on any atom is -0.489 e. The molecule has 4 aromatic rings. The van der Waals surface area contributed by atoms with Crippen LogP contribution in [-0.2, 0) is 6.61 Å². The Morgan fingerprint density at radius 2 is 1.84 bits per heavy atom. The molecule has 2 aromatic carbocycles. The van der Waals surface area contributed by atoms with Gasteiger partial charge >= 0.3 is 0 Å². The number of benzene rings is 2. The predicted octanol–water partition coefficient (Wildman–Crippen LogP) is 5.65. The maximum atomic E-state index is 5.94. The lowest BCUT2D eigenvalue weighted by Gasteiger charge is -2.07. The molecule has 3 nitrogen and oxygen atoms in total. The summed E-state index contributed by atoms with van der Waals surface area (Å²) in [6.07, 6.45) is 2.01. The lowest BCUT2D eigenvalue weighted by atomic mass is 10.1. The summed E-state index contributed by atoms with van der Waals surface area (Å²) in [5.74, 6) is 0.835. The Balaban J connectivity index is 1.65. The van der Waals surface area contributed by atoms with E-state index in [-0.39, 0.29) is 0 Å². The van der Waals surface area contributed by atoms with E-state index in [1.807, 2.05) is 48.7 Å². The van der Waals surface area contributed by atoms with Gasteiger partial charge in [0, 0.05) is 11.8 Å². The Morgan fingerprint density at radius 3 is 2.64 bits per heavy atom. The second-order valence-corrected chi connectivity index (χ2v) is 6.69. The number of nitrogens with zero attached hydrogens (tertiary/aromatic N) is 2. The summed E-state index contributed by atoms with van der Waals surface area (Å²) in [4.78, 5) is 4.80. The first-order valence-electron chi connectivity index (χ1n) is 8.13. The number of hydrogen-bond acceptors (Lipinski definition) is 2. The number of ether oxygens (including phenoxy) is 1. The summed E-state index contributed by atoms with van der Waals surface area (Å²) in [6, 6.07) is 22.3. The molecule has 0 bridgehead atoms. The number of halogens is 1. The van der Waals surface area contributed by atoms with Crippen LogP contribution < -0.4 is 4.74 Å². The van der Waals surface area contributed by atoms with Crippen molar-refractivity contribution in [3.63, 3.8) is 0 Å². The van der Waals surface area contributed by atoms with Crippen LogP contribution in [0.4, 0.5) is 0 Å². The standard InChI is InChI=1S/C21H17BrN2O/c1-15-7-6-12-24-20(22)19(23-21(15)24)17-10-5-11-18(13-17)25-14-16-8-3-2-4-9-16/h2-13H,14H2,1H3. The van der Waals surface area contributed by atoms with E-state index in [0.29, 0.717) is 6.61 Å². The van der Waals surface area contributed by atoms with Crippen LogP contribution in [0.1, 0.15) is 11.1 Å². The fourth-order valence-electron chi connectivity index (χ4n) is 2.83. The van der Waals surface area contributed by atoms with Crippen molar-refractivity contribution in [3.8, 4) is 17.0 Å². The molecule has 0 saturated carbocycles. The zero-order valence-electron chi connectivity index (χ0n) is 13.8. The molecule has 0 spiro atoms. The zero-order valence-corrected chi connectivity index (χ0v) is 15.4. The van der Waals surface area contributed by atoms with Gasteiger partial charge in [-0.1, -0.05) is 48.5 Å². The predicted molar refractivity (Wildman–Crippen MR) is 104 cm³/mol. The quantitative estimate of drug-likeness (QED) is 0.448. The fraction of sp³-hybridized carbons (Fsp3) is 0.0952. The first-order valence-corrected chi connectivity index (χ1v) is 8.92. The number of imidazole rings is 1. The molecule has 0 saturated heterocycles. The second-order valence-electron chi connectivity index (χ2n) is 5.94. The highest BCUT2D eigenvalue weighted by Crippen LogP contribution is 2.31. The molecule has 124 valence electrons. The zero-order chi connectivity index (χ0) is 17.2. The fourth-order valence-corrected chi connectivity index (χ4v) is 3.44. The molecule has 0 N–H and O–H groups in total. The molecule has 0 fully saturated rings. The van der Waals surface area contributed by atoms with Gasteiger partial charge in [-0.3, -0.25) is 4.40 Å². The van der Waals surface area contributed by atoms with Crippen molar-refractivity contribution in [2.45, 2.75) is 13.5 Å². The Labute approximate surface area is 155 Å². The first-order chi connectivity index (χ1) is 12.2. The molecule has 0 aliphatic carbocycles. The van der Waals surface area contributed by atoms with Crippen molar-refractivity contribution >= 4 is 21.6 Å². The third-order valence-electron chi connectivity index (χ3n) is 4.14. The minimum atomic E-state index is 0.551. The Morgan fingerprint density at radius 1 is 1.00 bits per heavy atom. The van der Waals surface area contributed by atoms with Crippen LogP contribution in [0.3, 0.4) is 0 Å². The van der Waals surface area contributed by atoms with Crippen molar-refractivity contribution in [1.29, 1.82) is 0 Å². The third kappa shape index (κ3) is 3.17. The van der Waals surface area contributed by atoms with Gasteiger partial charge < -0.3 is 4.74 Å². The van der Waals surface area contributed by atoms with E-state index in [0.717, 1.165) is 38.4 Å². The molecule has 25 heavy (non-hydrogen) atoms. The summed E-state index contributed by atoms with van der Waals surface area (Å²) in [6.45, 7) is 2.62. The molecule has 0 atom stereocenters. The van der Waals surface area contributed by atoms with Crippen LogP contribution in [0.25, 0.3) is 16.9 Å². The maximum Gasteiger partial charge on any atom is 0.141 e. The van der Waals surface area contributed by atoms with Gasteiger partial charge in [0.15, 0.2) is 0 Å². The highest BCUT2D eigenvalue weighted by Gasteiger charge is 2.13. The Bertz CT molecular complexity index is 1020. The number of aryl methyl sites for hydroxylation is 1. The van der Waals surface area contributed by atoms with Gasteiger partial charge in [0.1, 0.15) is 28.3 Å². The van der Waals surface area contributed by atoms with Crippen molar-refractivity contribution in [2.75, 3.05) is 0 Å². The van der Waals surface area contributed by atoms with Gasteiger partial charge in [0.2, 0.25) is 0 Å². The van der Waals surface area contributed by atoms with Gasteiger partial charge in [-0.15, -0.1) is 0 Å². The number of rotatable bonds is 4. The van der Waals surface area contributed by atoms with Gasteiger partial charge in [-0.2, -0.15) is 0 Å². The van der Waals surface area contributed by atoms with Crippen LogP contribution in [0, 0.1) is 6.92 Å². The molecule has 4 rings (SSSR count). The van der Waals surface area contributed by atoms with Crippen molar-refractivity contribution < 1.29 is 4.74 Å². The molecular weight excluding hydrogens is 376 g/mol. The average molecular weight is 393 g/mol. The molecule has 0 aliphatic rings. The highest BCUT2D eigenvalue weighted by atomic mass is 79.9. The van der Waals surface area contributed by atoms with E-state index in [1.54, 1.807) is 0 Å². The van der Waals surface area contributed by atoms with E-state index in [2.05, 4.69) is 51.5 Å². The monoisotopic (exact) mass is 392 g/mol. The molecular formula is C21H17BrN2O. The molecule has 0 unspecified atom stereocenters. The van der Waals surface area contributed by atoms with Gasteiger partial charge in [0.05, 0.1) is 0 Å². The van der Waals surface area contributed by atoms with Gasteiger partial charge in [-0.25, -0.2) is 4.98 Å². The molecule has 0 amide bonds. The number of aromatic nitrogens is 2. The van der Waals surface area contributed by atoms with Gasteiger partial charge in [-0.05, 0) is 52.2 Å². The third-order valence-corrected chi connectivity index (χ3v) is 4.90. The Kier molecular flexibility index (Phi) is 4.28. The second kappa shape index (κ2) is 6.73. The molecule has 2 heterocycles. The summed E-state index contributed by atoms with van der Waals surface area (Å²) >= 11 is 3.68. The Hall–Kier alpha value is -2.59. The highest BCUT2D eigenvalue weighted by molar-refractivity contribution is 9.10. The number of fused-ring (bicyclic) bond motifs is 1. The van der Waals surface area contributed by atoms with Crippen molar-refractivity contribution in [2.24, 2.45) is 0 Å². The lowest BCUT2D eigenvalue weighted by Crippen LogP contribution is -1.95. The summed E-state index contributed by atoms with van der Waals surface area (Å²) in [7, 11) is 0. The summed E-state index contributed by atoms with van der Waals surface area (Å²) < 4.78 is 8.95. The van der Waals surface area contributed by atoms with E-state index < -0.39 is 0 Å². The lowest BCUT2D eigenvalue weighted by molar-refractivity contribution is 0.306. The molecule has 2 aromatic heterocycles. The van der Waals surface area contributed by atoms with Crippen LogP contribution in [-0.4, -0.2) is 9.38 Å². The average Bonchev–Trinajstić information content (AvgIpc) is 3.00. The van der Waals surface area contributed by atoms with E-state index >= 15 is 0 Å². The van der Waals surface area contributed by atoms with Crippen LogP contribution in [0.2, 0.25) is 0 Å². The van der Waals surface area contributed by atoms with Gasteiger partial charge in [0.25, 0.3) is 0 Å². The summed E-state index contributed by atoms with van der Waals surface area (Å²) in [5.41, 5.74) is 5.20. The molecule has 0 aliphatic heterocycles. The maximum absolute atomic E-state index is 5.94. The molecule has 0 radical (unpaired) electrons. The van der Waals surface area contributed by atoms with E-state index in [1.165, 1.54) is 0 Å². The van der Waals surface area contributed by atoms with Crippen LogP contribution in [0.5, 0.6) is 5.75 Å². The topological polar surface area (TPSA) is 26.5 Å². The van der Waals surface area contributed by atoms with E-state index in [9.17, 15) is 0 Å². The van der Waals surface area contributed by atoms with E-state index in [4.69, 9.17) is 9.72 Å². The van der Waals surface area contributed by atoms with Crippen LogP contribution in [0.15, 0.2) is 77.5 Å². The first kappa shape index (κ1) is 15.9. The van der Waals surface area contributed by atoms with Crippen molar-refractivity contribution in [1.82, 2.24) is 9.38 Å². The largest absolute Gasteiger partial charge is 0.489 e. The number of hydrogen-bond donors (Lipinski definition) is 0. The minimum absolute atomic E-state index is 0.551. The normalized spacial score (nSPS) is 11.0. The van der Waals surface area contributed by atoms with Crippen molar-refractivity contribution in [3.05, 3.63) is 88.7 Å².